The molecule has 0 fully saturated rings. The molecular formula is C31H22BN6Pd-3. The van der Waals surface area contributed by atoms with E-state index >= 15 is 0 Å². The molecule has 0 unspecified atom stereocenters. The standard InChI is InChI=1S/C31H22BN6.Pd/c1-35-16-15-33-31(35)21-11-13-25-23-7-3-5-9-27(23)32-28-10-6-4-8-24(28)26-14-12-22(37-19-34-36(2)20-37)18-30(26)38(32)29(25)17-21;/h3-16,19-20H,1-2H3;/q-3;. The molecule has 0 saturated heterocycles. The van der Waals surface area contributed by atoms with Crippen molar-refractivity contribution in [3.05, 3.63) is 104 Å². The molecule has 39 heavy (non-hydrogen) atoms. The maximum Gasteiger partial charge on any atom is 0.324 e. The van der Waals surface area contributed by atoms with Crippen LogP contribution in [0, 0.1) is 18.8 Å². The van der Waals surface area contributed by atoms with Gasteiger partial charge in [0.2, 0.25) is 0 Å². The van der Waals surface area contributed by atoms with Gasteiger partial charge in [-0.3, -0.25) is 4.98 Å². The monoisotopic (exact) mass is 595 g/mol. The largest absolute Gasteiger partial charge is 0.483 e. The minimum atomic E-state index is 0. The number of aromatic nitrogens is 2. The predicted molar refractivity (Wildman–Crippen MR) is 154 cm³/mol. The van der Waals surface area contributed by atoms with Crippen molar-refractivity contribution in [1.29, 1.82) is 0 Å². The van der Waals surface area contributed by atoms with Gasteiger partial charge in [0, 0.05) is 39.9 Å². The molecule has 6 nitrogen and oxygen atoms in total. The number of fused-ring (bicyclic) bond motifs is 11. The molecule has 0 N–H and O–H groups in total. The van der Waals surface area contributed by atoms with Crippen molar-refractivity contribution in [2.75, 3.05) is 16.8 Å². The van der Waals surface area contributed by atoms with Crippen molar-refractivity contribution in [2.45, 2.75) is 0 Å². The Kier molecular flexibility index (Phi) is 5.52. The Hall–Kier alpha value is -4.11. The summed E-state index contributed by atoms with van der Waals surface area (Å²) in [4.78, 5) is 9.03. The Labute approximate surface area is 242 Å². The summed E-state index contributed by atoms with van der Waals surface area (Å²) in [6.45, 7) is 1.96. The first-order chi connectivity index (χ1) is 18.7. The maximum atomic E-state index is 4.61. The number of imidazole rings is 1. The van der Waals surface area contributed by atoms with Gasteiger partial charge in [-0.1, -0.05) is 87.5 Å². The summed E-state index contributed by atoms with van der Waals surface area (Å²) in [5.41, 5.74) is 11.3. The Balaban J connectivity index is 0.00000253. The van der Waals surface area contributed by atoms with Crippen LogP contribution in [0.5, 0.6) is 0 Å². The predicted octanol–water partition coefficient (Wildman–Crippen LogP) is 4.40. The summed E-state index contributed by atoms with van der Waals surface area (Å²) in [7, 11) is 3.94. The number of nitrogens with zero attached hydrogens (tertiary/aromatic N) is 6. The van der Waals surface area contributed by atoms with Crippen molar-refractivity contribution in [3.8, 4) is 33.6 Å². The smallest absolute Gasteiger partial charge is 0.324 e. The molecule has 1 aromatic heterocycles. The van der Waals surface area contributed by atoms with E-state index in [0.717, 1.165) is 39.6 Å². The molecular weight excluding hydrogens is 574 g/mol. The fourth-order valence-corrected chi connectivity index (χ4v) is 5.95. The van der Waals surface area contributed by atoms with E-state index in [2.05, 4.69) is 99.8 Å². The molecule has 5 aromatic rings. The van der Waals surface area contributed by atoms with E-state index in [4.69, 9.17) is 0 Å². The van der Waals surface area contributed by atoms with Crippen LogP contribution in [0.15, 0.2) is 90.3 Å². The van der Waals surface area contributed by atoms with Crippen LogP contribution >= 0.6 is 0 Å². The van der Waals surface area contributed by atoms with E-state index < -0.39 is 0 Å². The quantitative estimate of drug-likeness (QED) is 0.224. The van der Waals surface area contributed by atoms with Gasteiger partial charge in [-0.05, 0) is 7.05 Å². The van der Waals surface area contributed by atoms with Crippen LogP contribution in [-0.2, 0) is 27.5 Å². The summed E-state index contributed by atoms with van der Waals surface area (Å²) in [6, 6.07) is 33.7. The van der Waals surface area contributed by atoms with Gasteiger partial charge in [0.05, 0.1) is 12.2 Å². The normalized spacial score (nSPS) is 14.3. The van der Waals surface area contributed by atoms with Crippen LogP contribution in [0.25, 0.3) is 33.6 Å². The number of aryl methyl sites for hydroxylation is 1. The molecule has 8 rings (SSSR count). The van der Waals surface area contributed by atoms with Crippen LogP contribution < -0.4 is 20.6 Å². The molecule has 192 valence electrons. The van der Waals surface area contributed by atoms with Crippen molar-refractivity contribution < 1.29 is 20.4 Å². The fraction of sp³-hybridized carbons (Fsp3) is 0.0645. The number of hydrogen-bond acceptors (Lipinski definition) is 5. The summed E-state index contributed by atoms with van der Waals surface area (Å²) >= 11 is 0. The molecule has 0 spiro atoms. The SMILES string of the molecule is CN1[CH-]N(c2[c-]c3c(cc2)-c2ccccc2B2c4ccccc4-c4ccc(-c5nccn5C)[c-]c4N23)C=N1.[Pd]. The van der Waals surface area contributed by atoms with Crippen LogP contribution in [0.2, 0.25) is 0 Å². The maximum absolute atomic E-state index is 4.61. The first kappa shape index (κ1) is 24.0. The van der Waals surface area contributed by atoms with Crippen LogP contribution in [-0.4, -0.2) is 34.8 Å². The zero-order valence-corrected chi connectivity index (χ0v) is 22.9. The Morgan fingerprint density at radius 1 is 0.769 bits per heavy atom. The number of benzene rings is 4. The first-order valence-electron chi connectivity index (χ1n) is 12.7. The minimum Gasteiger partial charge on any atom is -0.483 e. The Morgan fingerprint density at radius 3 is 2.08 bits per heavy atom. The Morgan fingerprint density at radius 2 is 1.44 bits per heavy atom. The third-order valence-corrected chi connectivity index (χ3v) is 7.66. The van der Waals surface area contributed by atoms with Gasteiger partial charge in [0.1, 0.15) is 0 Å². The molecule has 0 atom stereocenters. The number of rotatable bonds is 2. The van der Waals surface area contributed by atoms with Gasteiger partial charge in [-0.25, -0.2) is 5.10 Å². The molecule has 8 heteroatoms. The van der Waals surface area contributed by atoms with E-state index in [1.807, 2.05) is 49.0 Å². The van der Waals surface area contributed by atoms with E-state index in [9.17, 15) is 0 Å². The van der Waals surface area contributed by atoms with Gasteiger partial charge in [-0.15, -0.1) is 53.8 Å². The average Bonchev–Trinajstić information content (AvgIpc) is 3.60. The van der Waals surface area contributed by atoms with E-state index in [1.165, 1.54) is 22.1 Å². The molecule has 4 aromatic carbocycles. The summed E-state index contributed by atoms with van der Waals surface area (Å²) in [6.07, 6.45) is 5.62. The zero-order chi connectivity index (χ0) is 25.4. The zero-order valence-electron chi connectivity index (χ0n) is 21.3. The molecule has 0 aliphatic carbocycles. The average molecular weight is 596 g/mol. The number of hydrazone groups is 1. The molecule has 4 heterocycles. The van der Waals surface area contributed by atoms with E-state index in [1.54, 1.807) is 5.01 Å². The van der Waals surface area contributed by atoms with Gasteiger partial charge in [0.15, 0.2) is 0 Å². The summed E-state index contributed by atoms with van der Waals surface area (Å²) in [5, 5.41) is 6.16. The molecule has 3 aliphatic heterocycles. The number of hydrogen-bond donors (Lipinski definition) is 0. The second-order valence-corrected chi connectivity index (χ2v) is 9.88. The topological polar surface area (TPSA) is 39.9 Å². The van der Waals surface area contributed by atoms with E-state index in [-0.39, 0.29) is 27.3 Å². The second kappa shape index (κ2) is 8.98. The van der Waals surface area contributed by atoms with Gasteiger partial charge >= 0.3 is 6.85 Å². The third kappa shape index (κ3) is 3.52. The molecule has 3 aliphatic rings. The minimum absolute atomic E-state index is 0. The second-order valence-electron chi connectivity index (χ2n) is 9.88. The van der Waals surface area contributed by atoms with Crippen molar-refractivity contribution in [2.24, 2.45) is 12.1 Å². The van der Waals surface area contributed by atoms with Crippen LogP contribution in [0.1, 0.15) is 0 Å². The summed E-state index contributed by atoms with van der Waals surface area (Å²) in [5.74, 6) is 0.893. The van der Waals surface area contributed by atoms with Crippen molar-refractivity contribution in [3.63, 3.8) is 0 Å². The van der Waals surface area contributed by atoms with E-state index in [0.29, 0.717) is 0 Å². The molecule has 0 amide bonds. The molecule has 0 saturated carbocycles. The summed E-state index contributed by atoms with van der Waals surface area (Å²) < 4.78 is 2.04. The van der Waals surface area contributed by atoms with Crippen LogP contribution in [0.4, 0.5) is 17.1 Å². The Bertz CT molecular complexity index is 1780. The van der Waals surface area contributed by atoms with Gasteiger partial charge < -0.3 is 19.3 Å². The fourth-order valence-electron chi connectivity index (χ4n) is 5.95. The van der Waals surface area contributed by atoms with Gasteiger partial charge in [0.25, 0.3) is 0 Å². The first-order valence-corrected chi connectivity index (χ1v) is 12.7. The molecule has 0 bridgehead atoms. The van der Waals surface area contributed by atoms with Crippen LogP contribution in [0.3, 0.4) is 0 Å². The molecule has 0 radical (unpaired) electrons. The third-order valence-electron chi connectivity index (χ3n) is 7.66. The number of anilines is 3. The van der Waals surface area contributed by atoms with Gasteiger partial charge in [-0.2, -0.15) is 6.07 Å². The van der Waals surface area contributed by atoms with Crippen molar-refractivity contribution in [1.82, 2.24) is 14.6 Å². The van der Waals surface area contributed by atoms with Crippen molar-refractivity contribution >= 4 is 41.2 Å².